The zero-order valence-electron chi connectivity index (χ0n) is 13.2. The summed E-state index contributed by atoms with van der Waals surface area (Å²) in [5.41, 5.74) is 1.41. The second-order valence-electron chi connectivity index (χ2n) is 5.27. The van der Waals surface area contributed by atoms with Crippen LogP contribution in [0, 0.1) is 0 Å². The van der Waals surface area contributed by atoms with Crippen LogP contribution in [0.1, 0.15) is 85.0 Å². The van der Waals surface area contributed by atoms with Crippen LogP contribution in [0.5, 0.6) is 0 Å². The van der Waals surface area contributed by atoms with Crippen molar-refractivity contribution < 1.29 is 9.53 Å². The van der Waals surface area contributed by atoms with E-state index in [9.17, 15) is 4.79 Å². The highest BCUT2D eigenvalue weighted by atomic mass is 16.5. The molecule has 0 unspecified atom stereocenters. The summed E-state index contributed by atoms with van der Waals surface area (Å²) in [4.78, 5) is 11.2. The fourth-order valence-electron chi connectivity index (χ4n) is 2.13. The third-order valence-corrected chi connectivity index (χ3v) is 3.32. The molecule has 0 radical (unpaired) electrons. The van der Waals surface area contributed by atoms with Crippen molar-refractivity contribution in [1.29, 1.82) is 0 Å². The van der Waals surface area contributed by atoms with Gasteiger partial charge in [-0.15, -0.1) is 0 Å². The molecular weight excluding hydrogens is 236 g/mol. The van der Waals surface area contributed by atoms with E-state index in [2.05, 4.69) is 19.9 Å². The fourth-order valence-corrected chi connectivity index (χ4v) is 2.13. The Kier molecular flexibility index (Phi) is 13.1. The van der Waals surface area contributed by atoms with Crippen molar-refractivity contribution >= 4 is 5.97 Å². The highest BCUT2D eigenvalue weighted by Crippen LogP contribution is 2.13. The van der Waals surface area contributed by atoms with E-state index in [4.69, 9.17) is 4.74 Å². The van der Waals surface area contributed by atoms with E-state index < -0.39 is 0 Å². The summed E-state index contributed by atoms with van der Waals surface area (Å²) < 4.78 is 4.90. The Labute approximate surface area is 119 Å². The highest BCUT2D eigenvalue weighted by molar-refractivity contribution is 5.69. The minimum Gasteiger partial charge on any atom is -0.466 e. The first-order chi connectivity index (χ1) is 9.20. The summed E-state index contributed by atoms with van der Waals surface area (Å²) in [6.07, 6.45) is 14.2. The highest BCUT2D eigenvalue weighted by Gasteiger charge is 1.99. The molecule has 0 saturated carbocycles. The van der Waals surface area contributed by atoms with Crippen molar-refractivity contribution in [3.63, 3.8) is 0 Å². The van der Waals surface area contributed by atoms with Crippen molar-refractivity contribution in [2.75, 3.05) is 6.61 Å². The molecule has 0 aromatic rings. The summed E-state index contributed by atoms with van der Waals surface area (Å²) in [6.45, 7) is 6.76. The number of hydrogen-bond acceptors (Lipinski definition) is 2. The van der Waals surface area contributed by atoms with Gasteiger partial charge in [-0.2, -0.15) is 0 Å². The van der Waals surface area contributed by atoms with E-state index in [0.29, 0.717) is 13.0 Å². The minimum absolute atomic E-state index is 0.0810. The molecule has 0 aromatic carbocycles. The molecule has 0 aliphatic heterocycles. The molecule has 0 bridgehead atoms. The molecule has 112 valence electrons. The molecule has 0 N–H and O–H groups in total. The average molecular weight is 268 g/mol. The molecule has 19 heavy (non-hydrogen) atoms. The maximum absolute atomic E-state index is 11.2. The fraction of sp³-hybridized carbons (Fsp3) is 0.824. The quantitative estimate of drug-likeness (QED) is 0.268. The van der Waals surface area contributed by atoms with Gasteiger partial charge in [0.15, 0.2) is 0 Å². The van der Waals surface area contributed by atoms with Gasteiger partial charge in [0.05, 0.1) is 6.61 Å². The lowest BCUT2D eigenvalue weighted by molar-refractivity contribution is -0.142. The predicted molar refractivity (Wildman–Crippen MR) is 82.2 cm³/mol. The summed E-state index contributed by atoms with van der Waals surface area (Å²) in [6, 6.07) is 0. The predicted octanol–water partition coefficient (Wildman–Crippen LogP) is 5.42. The van der Waals surface area contributed by atoms with Gasteiger partial charge in [-0.1, -0.05) is 57.1 Å². The zero-order chi connectivity index (χ0) is 14.3. The molecule has 0 rings (SSSR count). The smallest absolute Gasteiger partial charge is 0.306 e. The Morgan fingerprint density at radius 3 is 2.21 bits per heavy atom. The third-order valence-electron chi connectivity index (χ3n) is 3.32. The van der Waals surface area contributed by atoms with E-state index in [1.165, 1.54) is 56.9 Å². The monoisotopic (exact) mass is 268 g/mol. The number of unbranched alkanes of at least 4 members (excludes halogenated alkanes) is 6. The van der Waals surface area contributed by atoms with Gasteiger partial charge >= 0.3 is 5.97 Å². The maximum Gasteiger partial charge on any atom is 0.306 e. The summed E-state index contributed by atoms with van der Waals surface area (Å²) in [7, 11) is 0. The largest absolute Gasteiger partial charge is 0.466 e. The Hall–Kier alpha value is -0.790. The van der Waals surface area contributed by atoms with Crippen LogP contribution < -0.4 is 0 Å². The van der Waals surface area contributed by atoms with E-state index in [-0.39, 0.29) is 5.97 Å². The molecule has 0 aliphatic rings. The van der Waals surface area contributed by atoms with Crippen LogP contribution in [-0.2, 0) is 9.53 Å². The van der Waals surface area contributed by atoms with Crippen molar-refractivity contribution in [3.8, 4) is 0 Å². The second kappa shape index (κ2) is 13.6. The lowest BCUT2D eigenvalue weighted by Gasteiger charge is -2.03. The molecule has 0 fully saturated rings. The first-order valence-electron chi connectivity index (χ1n) is 8.02. The second-order valence-corrected chi connectivity index (χ2v) is 5.27. The lowest BCUT2D eigenvalue weighted by atomic mass is 10.0. The molecule has 0 heterocycles. The standard InChI is InChI=1S/C17H32O2/c1-4-6-7-8-9-10-11-13-16(3)14-12-15-17(18)19-5-2/h14H,4-13,15H2,1-3H3/b16-14+. The van der Waals surface area contributed by atoms with Gasteiger partial charge in [0.25, 0.3) is 0 Å². The Morgan fingerprint density at radius 2 is 1.58 bits per heavy atom. The lowest BCUT2D eigenvalue weighted by Crippen LogP contribution is -2.02. The number of allylic oxidation sites excluding steroid dienone is 2. The van der Waals surface area contributed by atoms with E-state index in [0.717, 1.165) is 6.42 Å². The van der Waals surface area contributed by atoms with Gasteiger partial charge in [0, 0.05) is 6.42 Å². The van der Waals surface area contributed by atoms with Crippen molar-refractivity contribution in [1.82, 2.24) is 0 Å². The third kappa shape index (κ3) is 13.4. The van der Waals surface area contributed by atoms with Gasteiger partial charge < -0.3 is 4.74 Å². The first-order valence-corrected chi connectivity index (χ1v) is 8.02. The number of carbonyl (C=O) groups is 1. The zero-order valence-corrected chi connectivity index (χ0v) is 13.2. The van der Waals surface area contributed by atoms with Gasteiger partial charge in [-0.25, -0.2) is 0 Å². The molecule has 0 amide bonds. The van der Waals surface area contributed by atoms with E-state index in [1.54, 1.807) is 0 Å². The number of carbonyl (C=O) groups excluding carboxylic acids is 1. The SMILES string of the molecule is CCCCCCCCC/C(C)=C/CCC(=O)OCC. The molecule has 0 aliphatic carbocycles. The van der Waals surface area contributed by atoms with Crippen LogP contribution in [0.2, 0.25) is 0 Å². The van der Waals surface area contributed by atoms with Gasteiger partial charge in [0.2, 0.25) is 0 Å². The Balaban J connectivity index is 3.41. The summed E-state index contributed by atoms with van der Waals surface area (Å²) in [5.74, 6) is -0.0810. The molecule has 0 saturated heterocycles. The topological polar surface area (TPSA) is 26.3 Å². The number of hydrogen-bond donors (Lipinski definition) is 0. The molecular formula is C17H32O2. The molecule has 2 nitrogen and oxygen atoms in total. The van der Waals surface area contributed by atoms with Crippen molar-refractivity contribution in [2.24, 2.45) is 0 Å². The van der Waals surface area contributed by atoms with Crippen LogP contribution in [0.15, 0.2) is 11.6 Å². The molecule has 2 heteroatoms. The normalized spacial score (nSPS) is 11.6. The van der Waals surface area contributed by atoms with Crippen LogP contribution >= 0.6 is 0 Å². The summed E-state index contributed by atoms with van der Waals surface area (Å²) >= 11 is 0. The van der Waals surface area contributed by atoms with E-state index in [1.807, 2.05) is 6.92 Å². The number of esters is 1. The van der Waals surface area contributed by atoms with Crippen LogP contribution in [0.3, 0.4) is 0 Å². The molecule has 0 aromatic heterocycles. The number of rotatable bonds is 12. The van der Waals surface area contributed by atoms with Crippen molar-refractivity contribution in [2.45, 2.75) is 85.0 Å². The Bertz CT molecular complexity index is 244. The Morgan fingerprint density at radius 1 is 0.947 bits per heavy atom. The van der Waals surface area contributed by atoms with Gasteiger partial charge in [0.1, 0.15) is 0 Å². The van der Waals surface area contributed by atoms with E-state index >= 15 is 0 Å². The molecule has 0 atom stereocenters. The van der Waals surface area contributed by atoms with Crippen LogP contribution in [0.4, 0.5) is 0 Å². The summed E-state index contributed by atoms with van der Waals surface area (Å²) in [5, 5.41) is 0. The maximum atomic E-state index is 11.2. The van der Waals surface area contributed by atoms with Crippen LogP contribution in [0.25, 0.3) is 0 Å². The molecule has 0 spiro atoms. The average Bonchev–Trinajstić information content (AvgIpc) is 2.38. The number of ether oxygens (including phenoxy) is 1. The van der Waals surface area contributed by atoms with Crippen LogP contribution in [-0.4, -0.2) is 12.6 Å². The van der Waals surface area contributed by atoms with Gasteiger partial charge in [-0.05, 0) is 33.1 Å². The van der Waals surface area contributed by atoms with Gasteiger partial charge in [-0.3, -0.25) is 4.79 Å². The first kappa shape index (κ1) is 18.2. The minimum atomic E-state index is -0.0810. The van der Waals surface area contributed by atoms with Crippen molar-refractivity contribution in [3.05, 3.63) is 11.6 Å².